The maximum absolute atomic E-state index is 11.6. The zero-order chi connectivity index (χ0) is 13.7. The second kappa shape index (κ2) is 5.70. The van der Waals surface area contributed by atoms with Crippen LogP contribution in [-0.2, 0) is 4.79 Å². The number of hydrogen-bond acceptors (Lipinski definition) is 2. The van der Waals surface area contributed by atoms with Crippen molar-refractivity contribution in [1.29, 1.82) is 0 Å². The Morgan fingerprint density at radius 3 is 2.24 bits per heavy atom. The molecule has 0 unspecified atom stereocenters. The lowest BCUT2D eigenvalue weighted by Gasteiger charge is -2.38. The number of carboxylic acid groups (broad SMARTS) is 1. The quantitative estimate of drug-likeness (QED) is 0.490. The Labute approximate surface area is 102 Å². The largest absolute Gasteiger partial charge is 0.481 e. The van der Waals surface area contributed by atoms with Gasteiger partial charge in [-0.1, -0.05) is 6.08 Å². The normalized spacial score (nSPS) is 11.8. The summed E-state index contributed by atoms with van der Waals surface area (Å²) in [5.41, 5.74) is -1.90. The van der Waals surface area contributed by atoms with Crippen molar-refractivity contribution in [3.05, 3.63) is 12.7 Å². The van der Waals surface area contributed by atoms with Crippen molar-refractivity contribution in [3.63, 3.8) is 0 Å². The molecular formula is C12H22N2O3. The highest BCUT2D eigenvalue weighted by atomic mass is 16.4. The molecule has 0 aliphatic heterocycles. The molecule has 5 nitrogen and oxygen atoms in total. The van der Waals surface area contributed by atoms with Gasteiger partial charge in [0.25, 0.3) is 0 Å². The molecule has 0 fully saturated rings. The standard InChI is InChI=1S/C12H22N2O3/c1-6-7-8-13-10(17)14-12(4,5)11(2,3)9(15)16/h6H,1,7-8H2,2-5H3,(H,15,16)(H2,13,14,17). The highest BCUT2D eigenvalue weighted by molar-refractivity contribution is 5.79. The number of nitrogens with one attached hydrogen (secondary N) is 2. The van der Waals surface area contributed by atoms with Gasteiger partial charge in [-0.05, 0) is 34.1 Å². The summed E-state index contributed by atoms with van der Waals surface area (Å²) in [5, 5.41) is 14.4. The summed E-state index contributed by atoms with van der Waals surface area (Å²) in [7, 11) is 0. The summed E-state index contributed by atoms with van der Waals surface area (Å²) < 4.78 is 0. The molecule has 0 atom stereocenters. The Morgan fingerprint density at radius 1 is 1.29 bits per heavy atom. The average molecular weight is 242 g/mol. The van der Waals surface area contributed by atoms with E-state index in [0.717, 1.165) is 0 Å². The van der Waals surface area contributed by atoms with Crippen molar-refractivity contribution in [2.24, 2.45) is 5.41 Å². The van der Waals surface area contributed by atoms with Crippen LogP contribution in [0.1, 0.15) is 34.1 Å². The summed E-state index contributed by atoms with van der Waals surface area (Å²) >= 11 is 0. The number of urea groups is 1. The Balaban J connectivity index is 4.49. The average Bonchev–Trinajstić information content (AvgIpc) is 2.16. The first-order chi connectivity index (χ1) is 7.65. The van der Waals surface area contributed by atoms with Crippen molar-refractivity contribution >= 4 is 12.0 Å². The lowest BCUT2D eigenvalue weighted by molar-refractivity contribution is -0.150. The van der Waals surface area contributed by atoms with Crippen LogP contribution >= 0.6 is 0 Å². The van der Waals surface area contributed by atoms with Crippen molar-refractivity contribution < 1.29 is 14.7 Å². The molecule has 3 N–H and O–H groups in total. The van der Waals surface area contributed by atoms with Crippen LogP contribution in [0.25, 0.3) is 0 Å². The van der Waals surface area contributed by atoms with Gasteiger partial charge >= 0.3 is 12.0 Å². The summed E-state index contributed by atoms with van der Waals surface area (Å²) in [5.74, 6) is -0.950. The van der Waals surface area contributed by atoms with Gasteiger partial charge in [-0.3, -0.25) is 4.79 Å². The molecule has 0 aromatic heterocycles. The lowest BCUT2D eigenvalue weighted by Crippen LogP contribution is -2.59. The van der Waals surface area contributed by atoms with E-state index >= 15 is 0 Å². The summed E-state index contributed by atoms with van der Waals surface area (Å²) in [6.45, 7) is 10.6. The number of aliphatic carboxylic acids is 1. The monoisotopic (exact) mass is 242 g/mol. The third-order valence-electron chi connectivity index (χ3n) is 3.16. The lowest BCUT2D eigenvalue weighted by atomic mass is 9.74. The van der Waals surface area contributed by atoms with E-state index in [-0.39, 0.29) is 6.03 Å². The minimum absolute atomic E-state index is 0.369. The number of carbonyl (C=O) groups is 2. The van der Waals surface area contributed by atoms with Crippen LogP contribution in [0.15, 0.2) is 12.7 Å². The van der Waals surface area contributed by atoms with Crippen molar-refractivity contribution in [1.82, 2.24) is 10.6 Å². The van der Waals surface area contributed by atoms with E-state index in [4.69, 9.17) is 5.11 Å². The van der Waals surface area contributed by atoms with Crippen LogP contribution < -0.4 is 10.6 Å². The number of carboxylic acids is 1. The van der Waals surface area contributed by atoms with E-state index in [1.54, 1.807) is 33.8 Å². The van der Waals surface area contributed by atoms with Gasteiger partial charge < -0.3 is 15.7 Å². The van der Waals surface area contributed by atoms with Crippen molar-refractivity contribution in [2.75, 3.05) is 6.54 Å². The van der Waals surface area contributed by atoms with E-state index in [1.165, 1.54) is 0 Å². The summed E-state index contributed by atoms with van der Waals surface area (Å²) in [6, 6.07) is -0.369. The van der Waals surface area contributed by atoms with E-state index in [9.17, 15) is 9.59 Å². The molecule has 0 aliphatic carbocycles. The van der Waals surface area contributed by atoms with Gasteiger partial charge in [0, 0.05) is 6.54 Å². The predicted octanol–water partition coefficient (Wildman–Crippen LogP) is 1.75. The highest BCUT2D eigenvalue weighted by Gasteiger charge is 2.44. The Kier molecular flexibility index (Phi) is 5.19. The Morgan fingerprint density at radius 2 is 1.82 bits per heavy atom. The highest BCUT2D eigenvalue weighted by Crippen LogP contribution is 2.30. The zero-order valence-electron chi connectivity index (χ0n) is 11.0. The molecule has 0 rings (SSSR count). The SMILES string of the molecule is C=CCCNC(=O)NC(C)(C)C(C)(C)C(=O)O. The first kappa shape index (κ1) is 15.5. The molecule has 5 heteroatoms. The fourth-order valence-electron chi connectivity index (χ4n) is 1.04. The molecule has 0 saturated heterocycles. The molecule has 17 heavy (non-hydrogen) atoms. The minimum Gasteiger partial charge on any atom is -0.481 e. The number of amides is 2. The molecular weight excluding hydrogens is 220 g/mol. The van der Waals surface area contributed by atoms with Gasteiger partial charge in [0.1, 0.15) is 0 Å². The smallest absolute Gasteiger partial charge is 0.315 e. The molecule has 0 bridgehead atoms. The maximum atomic E-state index is 11.6. The molecule has 2 amide bonds. The van der Waals surface area contributed by atoms with Crippen LogP contribution in [0.2, 0.25) is 0 Å². The maximum Gasteiger partial charge on any atom is 0.315 e. The van der Waals surface area contributed by atoms with Crippen LogP contribution in [-0.4, -0.2) is 29.2 Å². The Hall–Kier alpha value is -1.52. The first-order valence-electron chi connectivity index (χ1n) is 5.55. The third kappa shape index (κ3) is 4.09. The van der Waals surface area contributed by atoms with Gasteiger partial charge in [0.05, 0.1) is 11.0 Å². The topological polar surface area (TPSA) is 78.4 Å². The van der Waals surface area contributed by atoms with Gasteiger partial charge in [-0.15, -0.1) is 6.58 Å². The number of carbonyl (C=O) groups excluding carboxylic acids is 1. The molecule has 0 aromatic rings. The van der Waals surface area contributed by atoms with Crippen molar-refractivity contribution in [3.8, 4) is 0 Å². The molecule has 0 radical (unpaired) electrons. The third-order valence-corrected chi connectivity index (χ3v) is 3.16. The predicted molar refractivity (Wildman–Crippen MR) is 66.8 cm³/mol. The molecule has 0 spiro atoms. The van der Waals surface area contributed by atoms with Crippen LogP contribution in [0.3, 0.4) is 0 Å². The summed E-state index contributed by atoms with van der Waals surface area (Å²) in [6.07, 6.45) is 2.38. The van der Waals surface area contributed by atoms with E-state index < -0.39 is 16.9 Å². The van der Waals surface area contributed by atoms with Crippen molar-refractivity contribution in [2.45, 2.75) is 39.7 Å². The summed E-state index contributed by atoms with van der Waals surface area (Å²) in [4.78, 5) is 22.7. The van der Waals surface area contributed by atoms with Gasteiger partial charge in [-0.25, -0.2) is 4.79 Å². The molecule has 98 valence electrons. The van der Waals surface area contributed by atoms with E-state index in [1.807, 2.05) is 0 Å². The molecule has 0 saturated carbocycles. The van der Waals surface area contributed by atoms with E-state index in [2.05, 4.69) is 17.2 Å². The number of hydrogen-bond donors (Lipinski definition) is 3. The van der Waals surface area contributed by atoms with E-state index in [0.29, 0.717) is 13.0 Å². The van der Waals surface area contributed by atoms with Crippen LogP contribution in [0, 0.1) is 5.41 Å². The second-order valence-corrected chi connectivity index (χ2v) is 5.01. The fraction of sp³-hybridized carbons (Fsp3) is 0.667. The second-order valence-electron chi connectivity index (χ2n) is 5.01. The first-order valence-corrected chi connectivity index (χ1v) is 5.55. The molecule has 0 aromatic carbocycles. The molecule has 0 heterocycles. The minimum atomic E-state index is -1.05. The fourth-order valence-corrected chi connectivity index (χ4v) is 1.04. The van der Waals surface area contributed by atoms with Gasteiger partial charge in [0.2, 0.25) is 0 Å². The molecule has 0 aliphatic rings. The number of rotatable bonds is 6. The Bertz CT molecular complexity index is 309. The van der Waals surface area contributed by atoms with Gasteiger partial charge in [0.15, 0.2) is 0 Å². The van der Waals surface area contributed by atoms with Crippen LogP contribution in [0.5, 0.6) is 0 Å². The van der Waals surface area contributed by atoms with Gasteiger partial charge in [-0.2, -0.15) is 0 Å². The zero-order valence-corrected chi connectivity index (χ0v) is 11.0. The van der Waals surface area contributed by atoms with Crippen LogP contribution in [0.4, 0.5) is 4.79 Å².